The number of halogens is 1. The average Bonchev–Trinajstić information content (AvgIpc) is 2.55. The molecule has 0 bridgehead atoms. The van der Waals surface area contributed by atoms with E-state index in [0.29, 0.717) is 6.42 Å². The van der Waals surface area contributed by atoms with Crippen LogP contribution in [0.25, 0.3) is 0 Å². The lowest BCUT2D eigenvalue weighted by atomic mass is 9.97. The molecule has 0 unspecified atom stereocenters. The molecule has 0 aromatic heterocycles. The van der Waals surface area contributed by atoms with Crippen molar-refractivity contribution in [1.29, 1.82) is 0 Å². The summed E-state index contributed by atoms with van der Waals surface area (Å²) in [5.41, 5.74) is 2.57. The molecule has 0 heterocycles. The van der Waals surface area contributed by atoms with Crippen LogP contribution in [0, 0.1) is 6.92 Å². The van der Waals surface area contributed by atoms with Gasteiger partial charge in [0.05, 0.1) is 19.2 Å². The van der Waals surface area contributed by atoms with Gasteiger partial charge < -0.3 is 14.6 Å². The number of benzene rings is 2. The second-order valence-corrected chi connectivity index (χ2v) is 5.23. The van der Waals surface area contributed by atoms with Gasteiger partial charge in [-0.25, -0.2) is 4.79 Å². The van der Waals surface area contributed by atoms with Crippen molar-refractivity contribution < 1.29 is 19.4 Å². The predicted molar refractivity (Wildman–Crippen MR) is 85.0 cm³/mol. The molecule has 0 aliphatic rings. The maximum Gasteiger partial charge on any atom is 0.341 e. The lowest BCUT2D eigenvalue weighted by molar-refractivity contribution is 0.0597. The minimum absolute atomic E-state index is 0.0583. The molecule has 0 aliphatic heterocycles. The minimum atomic E-state index is -0.624. The van der Waals surface area contributed by atoms with Crippen LogP contribution < -0.4 is 4.74 Å². The van der Waals surface area contributed by atoms with Crippen molar-refractivity contribution in [3.8, 4) is 11.5 Å². The largest absolute Gasteiger partial charge is 0.505 e. The van der Waals surface area contributed by atoms with E-state index in [0.717, 1.165) is 22.4 Å². The summed E-state index contributed by atoms with van der Waals surface area (Å²) in [5, 5.41) is 10.2. The Morgan fingerprint density at radius 1 is 1.23 bits per heavy atom. The molecule has 22 heavy (non-hydrogen) atoms. The number of hydrogen-bond acceptors (Lipinski definition) is 4. The Morgan fingerprint density at radius 3 is 2.55 bits per heavy atom. The van der Waals surface area contributed by atoms with Crippen molar-refractivity contribution >= 4 is 17.6 Å². The van der Waals surface area contributed by atoms with Gasteiger partial charge in [0.2, 0.25) is 0 Å². The first-order chi connectivity index (χ1) is 10.5. The molecule has 2 rings (SSSR count). The second kappa shape index (κ2) is 6.71. The van der Waals surface area contributed by atoms with Crippen LogP contribution in [0.2, 0.25) is 5.02 Å². The van der Waals surface area contributed by atoms with E-state index in [9.17, 15) is 9.90 Å². The van der Waals surface area contributed by atoms with Crippen molar-refractivity contribution in [2.45, 2.75) is 13.3 Å². The highest BCUT2D eigenvalue weighted by Gasteiger charge is 2.19. The summed E-state index contributed by atoms with van der Waals surface area (Å²) in [7, 11) is 2.87. The molecule has 0 fully saturated rings. The molecule has 0 saturated carbocycles. The number of para-hydroxylation sites is 1. The van der Waals surface area contributed by atoms with Crippen molar-refractivity contribution in [2.75, 3.05) is 14.2 Å². The number of carbonyl (C=O) groups excluding carboxylic acids is 1. The molecular weight excluding hydrogens is 304 g/mol. The van der Waals surface area contributed by atoms with Crippen molar-refractivity contribution in [2.24, 2.45) is 0 Å². The molecule has 0 amide bonds. The molecular formula is C17H17ClO4. The van der Waals surface area contributed by atoms with Gasteiger partial charge in [-0.15, -0.1) is 0 Å². The average molecular weight is 321 g/mol. The Bertz CT molecular complexity index is 710. The van der Waals surface area contributed by atoms with Crippen LogP contribution in [-0.4, -0.2) is 25.3 Å². The van der Waals surface area contributed by atoms with E-state index in [-0.39, 0.29) is 16.3 Å². The Morgan fingerprint density at radius 2 is 1.91 bits per heavy atom. The van der Waals surface area contributed by atoms with E-state index in [1.807, 2.05) is 24.3 Å². The number of ether oxygens (including phenoxy) is 2. The van der Waals surface area contributed by atoms with E-state index in [4.69, 9.17) is 16.3 Å². The number of phenolic OH excluding ortho intramolecular Hbond substituents is 1. The number of esters is 1. The maximum atomic E-state index is 11.8. The Kier molecular flexibility index (Phi) is 4.93. The number of methoxy groups -OCH3 is 2. The first-order valence-corrected chi connectivity index (χ1v) is 7.08. The van der Waals surface area contributed by atoms with Gasteiger partial charge >= 0.3 is 5.97 Å². The highest BCUT2D eigenvalue weighted by atomic mass is 35.5. The highest BCUT2D eigenvalue weighted by molar-refractivity contribution is 6.33. The number of phenols is 1. The van der Waals surface area contributed by atoms with Crippen molar-refractivity contribution in [1.82, 2.24) is 0 Å². The second-order valence-electron chi connectivity index (χ2n) is 4.85. The topological polar surface area (TPSA) is 55.8 Å². The van der Waals surface area contributed by atoms with Crippen LogP contribution in [0.5, 0.6) is 11.5 Å². The maximum absolute atomic E-state index is 11.8. The smallest absolute Gasteiger partial charge is 0.341 e. The fourth-order valence-corrected chi connectivity index (χ4v) is 2.51. The van der Waals surface area contributed by atoms with Gasteiger partial charge in [-0.2, -0.15) is 0 Å². The van der Waals surface area contributed by atoms with Crippen LogP contribution in [0.4, 0.5) is 0 Å². The summed E-state index contributed by atoms with van der Waals surface area (Å²) < 4.78 is 10.0. The fraction of sp³-hybridized carbons (Fsp3) is 0.235. The van der Waals surface area contributed by atoms with E-state index in [1.165, 1.54) is 7.11 Å². The minimum Gasteiger partial charge on any atom is -0.505 e. The molecule has 0 spiro atoms. The van der Waals surface area contributed by atoms with Crippen LogP contribution in [0.3, 0.4) is 0 Å². The summed E-state index contributed by atoms with van der Waals surface area (Å²) in [6.45, 7) is 1.80. The molecule has 5 heteroatoms. The zero-order valence-electron chi connectivity index (χ0n) is 12.6. The van der Waals surface area contributed by atoms with Gasteiger partial charge in [-0.1, -0.05) is 29.8 Å². The third-order valence-corrected chi connectivity index (χ3v) is 4.03. The van der Waals surface area contributed by atoms with Crippen LogP contribution in [-0.2, 0) is 11.2 Å². The van der Waals surface area contributed by atoms with Crippen LogP contribution in [0.15, 0.2) is 30.3 Å². The number of hydrogen-bond donors (Lipinski definition) is 1. The monoisotopic (exact) mass is 320 g/mol. The van der Waals surface area contributed by atoms with Gasteiger partial charge in [0.15, 0.2) is 0 Å². The fourth-order valence-electron chi connectivity index (χ4n) is 2.29. The summed E-state index contributed by atoms with van der Waals surface area (Å²) in [4.78, 5) is 11.8. The van der Waals surface area contributed by atoms with Gasteiger partial charge in [-0.3, -0.25) is 0 Å². The van der Waals surface area contributed by atoms with Crippen LogP contribution in [0.1, 0.15) is 27.0 Å². The molecule has 0 aliphatic carbocycles. The summed E-state index contributed by atoms with van der Waals surface area (Å²) in [6, 6.07) is 9.22. The molecule has 2 aromatic carbocycles. The summed E-state index contributed by atoms with van der Waals surface area (Å²) in [6.07, 6.45) is 0.528. The van der Waals surface area contributed by atoms with E-state index in [2.05, 4.69) is 4.74 Å². The lowest BCUT2D eigenvalue weighted by Crippen LogP contribution is -2.05. The van der Waals surface area contributed by atoms with Gasteiger partial charge in [-0.05, 0) is 35.7 Å². The number of carbonyl (C=O) groups is 1. The van der Waals surface area contributed by atoms with Crippen molar-refractivity contribution in [3.05, 3.63) is 57.6 Å². The van der Waals surface area contributed by atoms with E-state index >= 15 is 0 Å². The van der Waals surface area contributed by atoms with Gasteiger partial charge in [0.1, 0.15) is 17.1 Å². The third kappa shape index (κ3) is 3.02. The first kappa shape index (κ1) is 16.2. The molecule has 0 radical (unpaired) electrons. The molecule has 0 atom stereocenters. The van der Waals surface area contributed by atoms with Gasteiger partial charge in [0.25, 0.3) is 0 Å². The van der Waals surface area contributed by atoms with E-state index < -0.39 is 5.97 Å². The molecule has 116 valence electrons. The number of aromatic hydroxyl groups is 1. The summed E-state index contributed by atoms with van der Waals surface area (Å²) in [5.74, 6) is -0.124. The van der Waals surface area contributed by atoms with E-state index in [1.54, 1.807) is 20.1 Å². The van der Waals surface area contributed by atoms with Crippen molar-refractivity contribution in [3.63, 3.8) is 0 Å². The quantitative estimate of drug-likeness (QED) is 0.872. The third-order valence-electron chi connectivity index (χ3n) is 3.57. The van der Waals surface area contributed by atoms with Crippen LogP contribution >= 0.6 is 11.6 Å². The molecule has 4 nitrogen and oxygen atoms in total. The molecule has 1 N–H and O–H groups in total. The lowest BCUT2D eigenvalue weighted by Gasteiger charge is -2.14. The SMILES string of the molecule is COC(=O)c1cc(Cc2ccccc2OC)c(C)c(Cl)c1O. The predicted octanol–water partition coefficient (Wildman–Crippen LogP) is 3.74. The normalized spacial score (nSPS) is 10.4. The first-order valence-electron chi connectivity index (χ1n) is 6.70. The zero-order valence-corrected chi connectivity index (χ0v) is 13.4. The molecule has 2 aromatic rings. The zero-order chi connectivity index (χ0) is 16.3. The number of rotatable bonds is 4. The Labute approximate surface area is 134 Å². The van der Waals surface area contributed by atoms with Gasteiger partial charge in [0, 0.05) is 6.42 Å². The summed E-state index contributed by atoms with van der Waals surface area (Å²) >= 11 is 6.14. The molecule has 0 saturated heterocycles. The Balaban J connectivity index is 2.51. The Hall–Kier alpha value is -2.20. The highest BCUT2D eigenvalue weighted by Crippen LogP contribution is 2.35. The standard InChI is InChI=1S/C17H17ClO4/c1-10-12(8-11-6-4-5-7-14(11)21-2)9-13(17(20)22-3)16(19)15(10)18/h4-7,9,19H,8H2,1-3H3.